The molecule has 5 fully saturated rings. The van der Waals surface area contributed by atoms with Crippen molar-refractivity contribution >= 4 is 170 Å². The van der Waals surface area contributed by atoms with Gasteiger partial charge in [-0.1, -0.05) is 70.8 Å². The van der Waals surface area contributed by atoms with Gasteiger partial charge >= 0.3 is 0 Å². The SMILES string of the molecule is C.C.C=P(C)(C)CC[C@H]1OC(n2c(SCCCCC)nc3c(=O)[nH]c(C)nc32)[C@H](O)[C@@H]1O.C=P(C)(C)CC[C@H]1OC(n2cnc3c(=O)[nH]c(N(C)C)nc32)[C@H](O)[C@@H]1O.C=P(C)(C)CC[C@H]1OC(n2cnc3c(=O)[nH]c(NC)nc32)[C@H](O)[C@@H]1O.C=P(C)(C)CC[C@H]1OC(n2cnc3c(=S)nc(C)[nH]c32)[C@H](O)[C@@H]1O.C=P(C)(C)CC[C@H]1OC(n2cnc3c(=S)nc(C)[nH]c32)[C@H](O)[C@@H]1O. The van der Waals surface area contributed by atoms with E-state index in [9.17, 15) is 65.4 Å². The second kappa shape index (κ2) is 44.3. The molecule has 730 valence electrons. The van der Waals surface area contributed by atoms with Gasteiger partial charge in [-0.3, -0.25) is 47.2 Å². The normalized spacial score (nSPS) is 26.3. The van der Waals surface area contributed by atoms with E-state index in [1.165, 1.54) is 33.6 Å². The highest BCUT2D eigenvalue weighted by atomic mass is 32.2. The van der Waals surface area contributed by atoms with Crippen LogP contribution in [0.25, 0.3) is 55.8 Å². The second-order valence-corrected chi connectivity index (χ2v) is 60.6. The Morgan fingerprint density at radius 2 is 0.740 bits per heavy atom. The lowest BCUT2D eigenvalue weighted by Gasteiger charge is -2.20. The van der Waals surface area contributed by atoms with E-state index in [1.807, 2.05) is 0 Å². The molecule has 0 aliphatic carbocycles. The second-order valence-electron chi connectivity index (χ2n) is 37.2. The molecule has 16 N–H and O–H groups in total. The maximum Gasteiger partial charge on any atom is 0.280 e. The number of aliphatic hydroxyl groups excluding tert-OH is 10. The lowest BCUT2D eigenvalue weighted by molar-refractivity contribution is -0.0400. The minimum absolute atomic E-state index is 0. The number of hydrogen-bond acceptors (Lipinski definition) is 33. The molecule has 15 rings (SSSR count). The van der Waals surface area contributed by atoms with Crippen LogP contribution in [0.3, 0.4) is 0 Å². The van der Waals surface area contributed by atoms with E-state index in [-0.39, 0.29) is 59.7 Å². The van der Waals surface area contributed by atoms with Crippen LogP contribution in [-0.2, 0) is 23.7 Å². The number of aliphatic hydroxyl groups is 10. The third-order valence-electron chi connectivity index (χ3n) is 22.4. The first kappa shape index (κ1) is 108. The van der Waals surface area contributed by atoms with Crippen LogP contribution >= 0.6 is 70.6 Å². The summed E-state index contributed by atoms with van der Waals surface area (Å²) in [6.07, 6.45) is 20.9. The number of aryl methyl sites for hydroxylation is 3. The average molecular weight is 1980 g/mol. The topological polar surface area (TPSA) is 547 Å². The number of ether oxygens (including phenoxy) is 5. The van der Waals surface area contributed by atoms with Gasteiger partial charge in [0.25, 0.3) is 16.7 Å². The summed E-state index contributed by atoms with van der Waals surface area (Å²) >= 11 is 12.0. The minimum Gasteiger partial charge on any atom is -0.388 e. The molecule has 131 heavy (non-hydrogen) atoms. The zero-order chi connectivity index (χ0) is 94.9. The van der Waals surface area contributed by atoms with Crippen LogP contribution in [0.4, 0.5) is 11.9 Å². The zero-order valence-corrected chi connectivity index (χ0v) is 83.1. The highest BCUT2D eigenvalue weighted by molar-refractivity contribution is 7.99. The summed E-state index contributed by atoms with van der Waals surface area (Å²) < 4.78 is 38.7. The van der Waals surface area contributed by atoms with Crippen molar-refractivity contribution in [2.75, 3.05) is 135 Å². The lowest BCUT2D eigenvalue weighted by atomic mass is 10.1. The van der Waals surface area contributed by atoms with E-state index in [4.69, 9.17) is 48.1 Å². The van der Waals surface area contributed by atoms with Crippen molar-refractivity contribution in [3.8, 4) is 0 Å². The van der Waals surface area contributed by atoms with Crippen molar-refractivity contribution in [3.63, 3.8) is 0 Å². The highest BCUT2D eigenvalue weighted by Gasteiger charge is 2.50. The molecular formula is C83H137N22O18P5S3. The molecule has 0 saturated carbocycles. The predicted molar refractivity (Wildman–Crippen MR) is 538 cm³/mol. The summed E-state index contributed by atoms with van der Waals surface area (Å²) in [6.45, 7) is 22.5. The van der Waals surface area contributed by atoms with E-state index < -0.39 is 157 Å². The fourth-order valence-corrected chi connectivity index (χ4v) is 21.7. The van der Waals surface area contributed by atoms with Gasteiger partial charge in [-0.15, -0.1) is 65.9 Å². The number of nitrogens with zero attached hydrogens (tertiary/aromatic N) is 16. The van der Waals surface area contributed by atoms with Crippen LogP contribution in [0.1, 0.15) is 122 Å². The Labute approximate surface area is 776 Å². The third-order valence-corrected chi connectivity index (χ3v) is 31.3. The molecule has 20 atom stereocenters. The van der Waals surface area contributed by atoms with Crippen LogP contribution in [0.5, 0.6) is 0 Å². The average Bonchev–Trinajstić information content (AvgIpc) is 2.13. The molecule has 0 spiro atoms. The van der Waals surface area contributed by atoms with E-state index >= 15 is 0 Å². The van der Waals surface area contributed by atoms with Crippen molar-refractivity contribution in [3.05, 3.63) is 83.1 Å². The van der Waals surface area contributed by atoms with Gasteiger partial charge in [-0.2, -0.15) is 9.97 Å². The molecule has 0 bridgehead atoms. The van der Waals surface area contributed by atoms with E-state index in [1.54, 1.807) is 73.2 Å². The lowest BCUT2D eigenvalue weighted by Crippen LogP contribution is -2.32. The van der Waals surface area contributed by atoms with Gasteiger partial charge in [0.1, 0.15) is 101 Å². The Kier molecular flexibility index (Phi) is 36.5. The molecule has 0 amide bonds. The molecule has 5 aliphatic heterocycles. The fraction of sp³-hybridized carbons (Fsp3) is 0.639. The third kappa shape index (κ3) is 26.2. The Morgan fingerprint density at radius 3 is 1.10 bits per heavy atom. The predicted octanol–water partition coefficient (Wildman–Crippen LogP) is 6.52. The maximum atomic E-state index is 12.4. The molecule has 48 heteroatoms. The first-order chi connectivity index (χ1) is 60.2. The van der Waals surface area contributed by atoms with Gasteiger partial charge in [0.15, 0.2) is 79.1 Å². The monoisotopic (exact) mass is 1980 g/mol. The number of hydrogen-bond donors (Lipinski definition) is 16. The quantitative estimate of drug-likeness (QED) is 0.0113. The number of aromatic amines is 5. The summed E-state index contributed by atoms with van der Waals surface area (Å²) in [5, 5.41) is 108. The van der Waals surface area contributed by atoms with Crippen molar-refractivity contribution in [2.24, 2.45) is 0 Å². The van der Waals surface area contributed by atoms with Gasteiger partial charge in [0, 0.05) is 26.9 Å². The fourth-order valence-electron chi connectivity index (χ4n) is 15.3. The number of thioether (sulfide) groups is 1. The molecule has 0 radical (unpaired) electrons. The van der Waals surface area contributed by atoms with Crippen LogP contribution in [0, 0.1) is 30.1 Å². The van der Waals surface area contributed by atoms with E-state index in [0.717, 1.165) is 55.8 Å². The molecule has 5 aliphatic rings. The Balaban J connectivity index is 0.000000184. The Hall–Kier alpha value is -6.56. The Morgan fingerprint density at radius 1 is 0.420 bits per heavy atom. The first-order valence-corrected chi connectivity index (χ1v) is 59.6. The Bertz CT molecular complexity index is 6040. The largest absolute Gasteiger partial charge is 0.388 e. The van der Waals surface area contributed by atoms with E-state index in [0.29, 0.717) is 104 Å². The van der Waals surface area contributed by atoms with Gasteiger partial charge in [0.2, 0.25) is 11.9 Å². The van der Waals surface area contributed by atoms with Gasteiger partial charge in [-0.25, -0.2) is 39.9 Å². The molecular weight excluding hydrogens is 1840 g/mol. The number of H-pyrrole nitrogens is 5. The van der Waals surface area contributed by atoms with Gasteiger partial charge < -0.3 is 99.9 Å². The number of rotatable bonds is 27. The van der Waals surface area contributed by atoms with Crippen LogP contribution in [0.2, 0.25) is 0 Å². The summed E-state index contributed by atoms with van der Waals surface area (Å²) in [4.78, 5) is 95.1. The first-order valence-electron chi connectivity index (χ1n) is 42.5. The summed E-state index contributed by atoms with van der Waals surface area (Å²) in [5.74, 6) is 3.27. The molecule has 40 nitrogen and oxygen atoms in total. The molecule has 10 aromatic heterocycles. The molecule has 5 unspecified atom stereocenters. The van der Waals surface area contributed by atoms with Crippen molar-refractivity contribution < 1.29 is 74.7 Å². The molecule has 5 saturated heterocycles. The van der Waals surface area contributed by atoms with Crippen molar-refractivity contribution in [1.82, 2.24) is 97.6 Å². The van der Waals surface area contributed by atoms with Crippen LogP contribution < -0.4 is 26.9 Å². The number of nitrogens with one attached hydrogen (secondary N) is 6. The smallest absolute Gasteiger partial charge is 0.280 e. The molecule has 0 aromatic carbocycles. The number of anilines is 2. The van der Waals surface area contributed by atoms with Gasteiger partial charge in [0.05, 0.1) is 55.8 Å². The maximum absolute atomic E-state index is 12.4. The van der Waals surface area contributed by atoms with E-state index in [2.05, 4.69) is 185 Å². The number of unbranched alkanes of at least 4 members (excludes halogenated alkanes) is 2. The molecule has 15 heterocycles. The van der Waals surface area contributed by atoms with Crippen LogP contribution in [0.15, 0.2) is 44.8 Å². The number of imidazole rings is 5. The summed E-state index contributed by atoms with van der Waals surface area (Å²) in [5.41, 5.74) is 2.79. The number of fused-ring (bicyclic) bond motifs is 5. The zero-order valence-electron chi connectivity index (χ0n) is 76.1. The van der Waals surface area contributed by atoms with Crippen LogP contribution in [-0.4, -0.2) is 396 Å². The minimum atomic E-state index is -1.28. The van der Waals surface area contributed by atoms with Crippen molar-refractivity contribution in [2.45, 2.75) is 222 Å². The van der Waals surface area contributed by atoms with Gasteiger partial charge in [-0.05, 0) is 157 Å². The summed E-state index contributed by atoms with van der Waals surface area (Å²) in [6, 6.07) is 0. The standard InChI is InChI=1S/C20H33N4O4PS.C16H26N5O4P.C15H24N5O4P.2C15H23N4O3PS.2CH4/c1-6-7-8-11-30-20-23-14-17(21-12(2)22-18(14)27)24(20)19-16(26)15(25)13(28-19)9-10-29(3,4)5;1-20(2)16-18-13-10(14(24)19-16)17-8-21(13)15-12(23)11(22)9(25-15)6-7-26(3,4)5;1-16-15-18-12-9(13(23)19-15)17-7-20(12)14-11(22)10(21)8(24-14)5-6-25(2,3)4;2*1-8-17-13-10(14(24)18-8)16-7-19(13)15-12(21)11(20)9(22-15)5-6-23(2,3)4;;/h13,15-16,19,25-26H,3,6-11H2,1-2,4-5H3,(H,21,22,27);8-9,11-12,15,22-23H,3,6-7H2,1-2,4-5H3,(H,18,19,24);7-8,10-11,14,21-22H,2,5-6H2,1,3-4H3,(H2,16,18,19,23);2*7,9,11-12,15,20-21H,2,5-6H2,1,3-4H3,(H,17,18,24);2*1H4/t13-,15-,16-,19?;9-,11-,12-,15?;8-,10-,11-,14?;2*9-,11-,12-,15?;;/m11111../s1. The van der Waals surface area contributed by atoms with Crippen molar-refractivity contribution in [1.29, 1.82) is 0 Å². The highest BCUT2D eigenvalue weighted by Crippen LogP contribution is 2.46. The number of aromatic nitrogens is 20. The summed E-state index contributed by atoms with van der Waals surface area (Å²) in [7, 11) is 5.15. The molecule has 10 aromatic rings.